The van der Waals surface area contributed by atoms with E-state index in [9.17, 15) is 14.4 Å². The maximum Gasteiger partial charge on any atom is 0.325 e. The maximum absolute atomic E-state index is 12.6. The monoisotopic (exact) mass is 382 g/mol. The van der Waals surface area contributed by atoms with Crippen LogP contribution in [0.3, 0.4) is 0 Å². The number of rotatable bonds is 6. The number of hydrogen-bond donors (Lipinski definition) is 2. The molecule has 1 aromatic carbocycles. The molecule has 2 aliphatic heterocycles. The van der Waals surface area contributed by atoms with E-state index >= 15 is 0 Å². The highest BCUT2D eigenvalue weighted by molar-refractivity contribution is 6.05. The number of pyridine rings is 1. The second kappa shape index (κ2) is 7.55. The highest BCUT2D eigenvalue weighted by Crippen LogP contribution is 2.33. The predicted octanol–water partition coefficient (Wildman–Crippen LogP) is 0.937. The normalized spacial score (nSPS) is 17.6. The summed E-state index contributed by atoms with van der Waals surface area (Å²) in [6.45, 7) is 0.500. The van der Waals surface area contributed by atoms with Crippen molar-refractivity contribution in [3.63, 3.8) is 0 Å². The fraction of sp³-hybridized carbons (Fsp3) is 0.263. The third-order valence-electron chi connectivity index (χ3n) is 4.47. The molecule has 1 fully saturated rings. The van der Waals surface area contributed by atoms with Gasteiger partial charge in [0.15, 0.2) is 11.5 Å². The summed E-state index contributed by atoms with van der Waals surface area (Å²) in [5.41, 5.74) is 1.44. The van der Waals surface area contributed by atoms with Gasteiger partial charge in [0.2, 0.25) is 12.7 Å². The van der Waals surface area contributed by atoms with E-state index in [1.165, 1.54) is 0 Å². The van der Waals surface area contributed by atoms with E-state index in [2.05, 4.69) is 15.6 Å². The molecule has 1 saturated heterocycles. The maximum atomic E-state index is 12.6. The van der Waals surface area contributed by atoms with E-state index in [1.807, 2.05) is 6.07 Å². The van der Waals surface area contributed by atoms with Crippen LogP contribution in [-0.2, 0) is 22.7 Å². The second-order valence-electron chi connectivity index (χ2n) is 6.42. The number of urea groups is 1. The Morgan fingerprint density at radius 1 is 1.21 bits per heavy atom. The first-order valence-corrected chi connectivity index (χ1v) is 8.77. The number of hydrogen-bond acceptors (Lipinski definition) is 6. The first-order chi connectivity index (χ1) is 13.6. The van der Waals surface area contributed by atoms with Crippen LogP contribution in [0.4, 0.5) is 4.79 Å². The fourth-order valence-electron chi connectivity index (χ4n) is 3.04. The molecule has 2 aromatic rings. The summed E-state index contributed by atoms with van der Waals surface area (Å²) in [5, 5.41) is 5.26. The summed E-state index contributed by atoms with van der Waals surface area (Å²) in [6, 6.07) is 9.22. The number of imide groups is 1. The number of amides is 4. The van der Waals surface area contributed by atoms with Gasteiger partial charge in [-0.3, -0.25) is 19.5 Å². The van der Waals surface area contributed by atoms with Crippen molar-refractivity contribution in [1.29, 1.82) is 0 Å². The van der Waals surface area contributed by atoms with E-state index in [4.69, 9.17) is 9.47 Å². The fourth-order valence-corrected chi connectivity index (χ4v) is 3.04. The lowest BCUT2D eigenvalue weighted by molar-refractivity contribution is -0.131. The van der Waals surface area contributed by atoms with Gasteiger partial charge in [0.25, 0.3) is 5.91 Å². The summed E-state index contributed by atoms with van der Waals surface area (Å²) < 4.78 is 10.6. The van der Waals surface area contributed by atoms with Crippen molar-refractivity contribution < 1.29 is 23.9 Å². The minimum Gasteiger partial charge on any atom is -0.454 e. The van der Waals surface area contributed by atoms with Gasteiger partial charge in [0.05, 0.1) is 25.2 Å². The van der Waals surface area contributed by atoms with Gasteiger partial charge in [-0.1, -0.05) is 12.1 Å². The molecular formula is C19H18N4O5. The van der Waals surface area contributed by atoms with E-state index in [-0.39, 0.29) is 32.2 Å². The van der Waals surface area contributed by atoms with Crippen LogP contribution in [0, 0.1) is 0 Å². The Bertz CT molecular complexity index is 918. The van der Waals surface area contributed by atoms with Gasteiger partial charge in [0.1, 0.15) is 6.04 Å². The molecular weight excluding hydrogens is 364 g/mol. The molecule has 2 N–H and O–H groups in total. The minimum atomic E-state index is -0.884. The topological polar surface area (TPSA) is 110 Å². The largest absolute Gasteiger partial charge is 0.454 e. The predicted molar refractivity (Wildman–Crippen MR) is 96.1 cm³/mol. The SMILES string of the molecule is O=C(C[C@@H]1NC(=O)N(Cc2ccc3c(c2)OCO3)C1=O)NCc1ccccn1. The second-order valence-corrected chi connectivity index (χ2v) is 6.42. The highest BCUT2D eigenvalue weighted by Gasteiger charge is 2.39. The number of aromatic nitrogens is 1. The average molecular weight is 382 g/mol. The number of carbonyl (C=O) groups excluding carboxylic acids is 3. The Kier molecular flexibility index (Phi) is 4.79. The molecule has 0 radical (unpaired) electrons. The molecule has 9 nitrogen and oxygen atoms in total. The van der Waals surface area contributed by atoms with E-state index in [0.29, 0.717) is 17.2 Å². The van der Waals surface area contributed by atoms with Crippen LogP contribution in [-0.4, -0.2) is 40.6 Å². The van der Waals surface area contributed by atoms with Crippen LogP contribution < -0.4 is 20.1 Å². The Labute approximate surface area is 160 Å². The van der Waals surface area contributed by atoms with Crippen LogP contribution in [0.5, 0.6) is 11.5 Å². The van der Waals surface area contributed by atoms with E-state index in [1.54, 1.807) is 36.5 Å². The van der Waals surface area contributed by atoms with Crippen LogP contribution >= 0.6 is 0 Å². The molecule has 0 aliphatic carbocycles. The average Bonchev–Trinajstić information content (AvgIpc) is 3.27. The Balaban J connectivity index is 1.34. The highest BCUT2D eigenvalue weighted by atomic mass is 16.7. The summed E-state index contributed by atoms with van der Waals surface area (Å²) in [7, 11) is 0. The molecule has 2 aliphatic rings. The molecule has 1 aromatic heterocycles. The van der Waals surface area contributed by atoms with Crippen molar-refractivity contribution in [1.82, 2.24) is 20.5 Å². The minimum absolute atomic E-state index is 0.0906. The zero-order chi connectivity index (χ0) is 19.5. The molecule has 0 spiro atoms. The Morgan fingerprint density at radius 2 is 2.07 bits per heavy atom. The quantitative estimate of drug-likeness (QED) is 0.720. The van der Waals surface area contributed by atoms with Crippen molar-refractivity contribution in [3.8, 4) is 11.5 Å². The van der Waals surface area contributed by atoms with Crippen LogP contribution in [0.25, 0.3) is 0 Å². The number of ether oxygens (including phenoxy) is 2. The van der Waals surface area contributed by atoms with Crippen molar-refractivity contribution >= 4 is 17.8 Å². The molecule has 0 bridgehead atoms. The molecule has 0 unspecified atom stereocenters. The Hall–Kier alpha value is -3.62. The van der Waals surface area contributed by atoms with Gasteiger partial charge in [-0.2, -0.15) is 0 Å². The summed E-state index contributed by atoms with van der Waals surface area (Å²) in [6.07, 6.45) is 1.51. The number of nitrogens with zero attached hydrogens (tertiary/aromatic N) is 2. The summed E-state index contributed by atoms with van der Waals surface area (Å²) >= 11 is 0. The first-order valence-electron chi connectivity index (χ1n) is 8.77. The first kappa shape index (κ1) is 17.8. The third kappa shape index (κ3) is 3.73. The zero-order valence-corrected chi connectivity index (χ0v) is 14.9. The van der Waals surface area contributed by atoms with Crippen molar-refractivity contribution in [2.75, 3.05) is 6.79 Å². The number of nitrogens with one attached hydrogen (secondary N) is 2. The van der Waals surface area contributed by atoms with Gasteiger partial charge in [-0.05, 0) is 29.8 Å². The Morgan fingerprint density at radius 3 is 2.89 bits per heavy atom. The molecule has 1 atom stereocenters. The summed E-state index contributed by atoms with van der Waals surface area (Å²) in [4.78, 5) is 42.1. The molecule has 4 rings (SSSR count). The van der Waals surface area contributed by atoms with Crippen molar-refractivity contribution in [2.45, 2.75) is 25.6 Å². The zero-order valence-electron chi connectivity index (χ0n) is 14.9. The molecule has 9 heteroatoms. The van der Waals surface area contributed by atoms with Gasteiger partial charge in [-0.25, -0.2) is 4.79 Å². The van der Waals surface area contributed by atoms with Crippen LogP contribution in [0.2, 0.25) is 0 Å². The lowest BCUT2D eigenvalue weighted by Gasteiger charge is -2.13. The number of benzene rings is 1. The van der Waals surface area contributed by atoms with Crippen molar-refractivity contribution in [3.05, 3.63) is 53.9 Å². The van der Waals surface area contributed by atoms with Gasteiger partial charge >= 0.3 is 6.03 Å². The van der Waals surface area contributed by atoms with Crippen molar-refractivity contribution in [2.24, 2.45) is 0 Å². The number of fused-ring (bicyclic) bond motifs is 1. The molecule has 4 amide bonds. The smallest absolute Gasteiger partial charge is 0.325 e. The standard InChI is InChI=1S/C19H18N4O5/c24-17(21-9-13-3-1-2-6-20-13)8-14-18(25)23(19(26)22-14)10-12-4-5-15-16(7-12)28-11-27-15/h1-7,14H,8-11H2,(H,21,24)(H,22,26)/t14-/m0/s1. The van der Waals surface area contributed by atoms with Crippen LogP contribution in [0.1, 0.15) is 17.7 Å². The third-order valence-corrected chi connectivity index (χ3v) is 4.47. The lowest BCUT2D eigenvalue weighted by atomic mass is 10.1. The van der Waals surface area contributed by atoms with E-state index < -0.39 is 18.0 Å². The lowest BCUT2D eigenvalue weighted by Crippen LogP contribution is -2.36. The summed E-state index contributed by atoms with van der Waals surface area (Å²) in [5.74, 6) is 0.434. The van der Waals surface area contributed by atoms with E-state index in [0.717, 1.165) is 10.5 Å². The molecule has 144 valence electrons. The van der Waals surface area contributed by atoms with Gasteiger partial charge in [0, 0.05) is 6.20 Å². The van der Waals surface area contributed by atoms with Gasteiger partial charge in [-0.15, -0.1) is 0 Å². The van der Waals surface area contributed by atoms with Crippen LogP contribution in [0.15, 0.2) is 42.6 Å². The van der Waals surface area contributed by atoms with Gasteiger partial charge < -0.3 is 20.1 Å². The molecule has 0 saturated carbocycles. The molecule has 3 heterocycles. The molecule has 28 heavy (non-hydrogen) atoms. The number of carbonyl (C=O) groups is 3.